The van der Waals surface area contributed by atoms with Crippen molar-refractivity contribution in [3.8, 4) is 5.75 Å². The van der Waals surface area contributed by atoms with Crippen molar-refractivity contribution in [3.05, 3.63) is 59.9 Å². The minimum absolute atomic E-state index is 0.314. The van der Waals surface area contributed by atoms with E-state index >= 15 is 0 Å². The molecule has 1 unspecified atom stereocenters. The fraction of sp³-hybridized carbons (Fsp3) is 0.407. The molecule has 2 N–H and O–H groups in total. The van der Waals surface area contributed by atoms with E-state index in [2.05, 4.69) is 20.3 Å². The Bertz CT molecular complexity index is 1140. The summed E-state index contributed by atoms with van der Waals surface area (Å²) in [6.07, 6.45) is 1.09. The highest BCUT2D eigenvalue weighted by molar-refractivity contribution is 5.70. The van der Waals surface area contributed by atoms with Crippen LogP contribution in [0, 0.1) is 11.7 Å². The zero-order valence-corrected chi connectivity index (χ0v) is 21.8. The smallest absolute Gasteiger partial charge is 0.306 e. The van der Waals surface area contributed by atoms with Gasteiger partial charge in [0.25, 0.3) is 0 Å². The van der Waals surface area contributed by atoms with E-state index in [0.717, 1.165) is 18.7 Å². The van der Waals surface area contributed by atoms with Crippen LogP contribution in [0.25, 0.3) is 0 Å². The average molecular weight is 511 g/mol. The number of rotatable bonds is 14. The van der Waals surface area contributed by atoms with Gasteiger partial charge in [0.2, 0.25) is 17.8 Å². The zero-order valence-electron chi connectivity index (χ0n) is 21.8. The highest BCUT2D eigenvalue weighted by Crippen LogP contribution is 2.20. The molecule has 198 valence electrons. The second kappa shape index (κ2) is 13.4. The molecule has 0 aliphatic heterocycles. The van der Waals surface area contributed by atoms with Gasteiger partial charge in [0.15, 0.2) is 0 Å². The first-order chi connectivity index (χ1) is 17.8. The number of carboxylic acid groups (broad SMARTS) is 1. The van der Waals surface area contributed by atoms with Crippen LogP contribution in [0.4, 0.5) is 27.9 Å². The van der Waals surface area contributed by atoms with Gasteiger partial charge >= 0.3 is 5.97 Å². The van der Waals surface area contributed by atoms with E-state index in [9.17, 15) is 14.3 Å². The number of halogens is 1. The van der Waals surface area contributed by atoms with Crippen molar-refractivity contribution in [1.82, 2.24) is 15.0 Å². The van der Waals surface area contributed by atoms with E-state index in [1.807, 2.05) is 61.9 Å². The normalized spacial score (nSPS) is 11.6. The predicted molar refractivity (Wildman–Crippen MR) is 143 cm³/mol. The van der Waals surface area contributed by atoms with Gasteiger partial charge in [-0.05, 0) is 68.7 Å². The van der Waals surface area contributed by atoms with Crippen LogP contribution in [0.2, 0.25) is 0 Å². The highest BCUT2D eigenvalue weighted by atomic mass is 19.1. The molecule has 0 saturated heterocycles. The number of aliphatic carboxylic acids is 1. The predicted octanol–water partition coefficient (Wildman–Crippen LogP) is 4.77. The summed E-state index contributed by atoms with van der Waals surface area (Å²) in [5, 5.41) is 12.4. The highest BCUT2D eigenvalue weighted by Gasteiger charge is 2.16. The molecule has 0 aliphatic carbocycles. The van der Waals surface area contributed by atoms with Gasteiger partial charge in [0.05, 0.1) is 12.5 Å². The van der Waals surface area contributed by atoms with Crippen LogP contribution in [0.15, 0.2) is 48.5 Å². The molecule has 2 aromatic carbocycles. The third-order valence-electron chi connectivity index (χ3n) is 6.04. The Hall–Kier alpha value is -3.95. The maximum Gasteiger partial charge on any atom is 0.306 e. The molecular formula is C27H35FN6O3. The molecule has 0 aliphatic rings. The summed E-state index contributed by atoms with van der Waals surface area (Å²) in [4.78, 5) is 28.9. The second-order valence-corrected chi connectivity index (χ2v) is 8.62. The lowest BCUT2D eigenvalue weighted by atomic mass is 9.97. The molecule has 0 amide bonds. The first-order valence-electron chi connectivity index (χ1n) is 12.5. The summed E-state index contributed by atoms with van der Waals surface area (Å²) in [7, 11) is 1.88. The summed E-state index contributed by atoms with van der Waals surface area (Å²) in [6.45, 7) is 8.35. The Morgan fingerprint density at radius 2 is 1.65 bits per heavy atom. The lowest BCUT2D eigenvalue weighted by Crippen LogP contribution is -2.29. The number of hydrogen-bond donors (Lipinski definition) is 2. The molecule has 1 atom stereocenters. The van der Waals surface area contributed by atoms with Gasteiger partial charge in [-0.3, -0.25) is 4.79 Å². The number of nitrogens with zero attached hydrogens (tertiary/aromatic N) is 5. The topological polar surface area (TPSA) is 104 Å². The van der Waals surface area contributed by atoms with E-state index in [4.69, 9.17) is 4.74 Å². The van der Waals surface area contributed by atoms with Crippen molar-refractivity contribution >= 4 is 29.5 Å². The van der Waals surface area contributed by atoms with Crippen LogP contribution in [0.3, 0.4) is 0 Å². The van der Waals surface area contributed by atoms with Crippen LogP contribution >= 0.6 is 0 Å². The fourth-order valence-corrected chi connectivity index (χ4v) is 3.70. The lowest BCUT2D eigenvalue weighted by molar-refractivity contribution is -0.141. The molecule has 0 bridgehead atoms. The van der Waals surface area contributed by atoms with Crippen LogP contribution < -0.4 is 19.9 Å². The maximum absolute atomic E-state index is 13.3. The number of anilines is 4. The minimum atomic E-state index is -0.774. The third-order valence-corrected chi connectivity index (χ3v) is 6.04. The largest absolute Gasteiger partial charge is 0.492 e. The third kappa shape index (κ3) is 8.03. The molecule has 0 saturated carbocycles. The molecule has 9 nitrogen and oxygen atoms in total. The monoisotopic (exact) mass is 510 g/mol. The zero-order chi connectivity index (χ0) is 26.8. The Morgan fingerprint density at radius 1 is 1.00 bits per heavy atom. The van der Waals surface area contributed by atoms with Crippen molar-refractivity contribution in [2.45, 2.75) is 33.6 Å². The molecule has 10 heteroatoms. The van der Waals surface area contributed by atoms with Gasteiger partial charge in [0, 0.05) is 25.8 Å². The van der Waals surface area contributed by atoms with E-state index in [1.54, 1.807) is 12.1 Å². The number of benzene rings is 2. The molecule has 1 aromatic heterocycles. The quantitative estimate of drug-likeness (QED) is 0.317. The van der Waals surface area contributed by atoms with Crippen molar-refractivity contribution < 1.29 is 19.0 Å². The molecule has 0 radical (unpaired) electrons. The summed E-state index contributed by atoms with van der Waals surface area (Å²) in [6, 6.07) is 13.5. The first-order valence-corrected chi connectivity index (χ1v) is 12.5. The standard InChI is InChI=1S/C27H35FN6O3/c1-5-20(24(35)36)18-19-8-14-23(15-9-19)37-17-16-33(4)26-30-25(29-22-12-10-21(28)11-13-22)31-27(32-26)34(6-2)7-3/h8-15,20H,5-7,16-18H2,1-4H3,(H,35,36)(H,29,30,31,32). The van der Waals surface area contributed by atoms with Gasteiger partial charge in [-0.1, -0.05) is 19.1 Å². The average Bonchev–Trinajstić information content (AvgIpc) is 2.90. The van der Waals surface area contributed by atoms with Crippen molar-refractivity contribution in [2.75, 3.05) is 48.4 Å². The van der Waals surface area contributed by atoms with Crippen molar-refractivity contribution in [1.29, 1.82) is 0 Å². The molecular weight excluding hydrogens is 475 g/mol. The Kier molecular flexibility index (Phi) is 10.00. The van der Waals surface area contributed by atoms with Crippen LogP contribution in [0.1, 0.15) is 32.8 Å². The molecule has 0 spiro atoms. The van der Waals surface area contributed by atoms with Crippen LogP contribution in [-0.4, -0.2) is 59.3 Å². The number of carbonyl (C=O) groups is 1. The Labute approximate surface area is 217 Å². The number of carboxylic acids is 1. The number of ether oxygens (including phenoxy) is 1. The van der Waals surface area contributed by atoms with E-state index in [-0.39, 0.29) is 11.7 Å². The number of aromatic nitrogens is 3. The Balaban J connectivity index is 1.65. The Morgan fingerprint density at radius 3 is 2.24 bits per heavy atom. The van der Waals surface area contributed by atoms with Gasteiger partial charge in [-0.2, -0.15) is 15.0 Å². The number of hydrogen-bond acceptors (Lipinski definition) is 8. The van der Waals surface area contributed by atoms with E-state index in [1.165, 1.54) is 12.1 Å². The van der Waals surface area contributed by atoms with Crippen molar-refractivity contribution in [2.24, 2.45) is 5.92 Å². The van der Waals surface area contributed by atoms with Gasteiger partial charge in [-0.15, -0.1) is 0 Å². The number of nitrogens with one attached hydrogen (secondary N) is 1. The van der Waals surface area contributed by atoms with E-state index < -0.39 is 5.97 Å². The van der Waals surface area contributed by atoms with Crippen molar-refractivity contribution in [3.63, 3.8) is 0 Å². The SMILES string of the molecule is CCC(Cc1ccc(OCCN(C)c2nc(Nc3ccc(F)cc3)nc(N(CC)CC)n2)cc1)C(=O)O. The molecule has 37 heavy (non-hydrogen) atoms. The molecule has 0 fully saturated rings. The second-order valence-electron chi connectivity index (χ2n) is 8.62. The van der Waals surface area contributed by atoms with Gasteiger partial charge in [-0.25, -0.2) is 4.39 Å². The molecule has 3 aromatic rings. The lowest BCUT2D eigenvalue weighted by Gasteiger charge is -2.23. The van der Waals surface area contributed by atoms with E-state index in [0.29, 0.717) is 55.3 Å². The summed E-state index contributed by atoms with van der Waals surface area (Å²) in [5.41, 5.74) is 1.64. The maximum atomic E-state index is 13.3. The fourth-order valence-electron chi connectivity index (χ4n) is 3.70. The summed E-state index contributed by atoms with van der Waals surface area (Å²) in [5.74, 6) is 0.640. The summed E-state index contributed by atoms with van der Waals surface area (Å²) >= 11 is 0. The summed E-state index contributed by atoms with van der Waals surface area (Å²) < 4.78 is 19.2. The van der Waals surface area contributed by atoms with Crippen LogP contribution in [0.5, 0.6) is 5.75 Å². The van der Waals surface area contributed by atoms with Crippen LogP contribution in [-0.2, 0) is 11.2 Å². The first kappa shape index (κ1) is 27.6. The molecule has 3 rings (SSSR count). The molecule has 1 heterocycles. The van der Waals surface area contributed by atoms with Gasteiger partial charge in [0.1, 0.15) is 18.2 Å². The van der Waals surface area contributed by atoms with Gasteiger partial charge < -0.3 is 25.0 Å². The number of likely N-dealkylation sites (N-methyl/N-ethyl adjacent to an activating group) is 1. The minimum Gasteiger partial charge on any atom is -0.492 e.